The first-order valence-electron chi connectivity index (χ1n) is 7.14. The summed E-state index contributed by atoms with van der Waals surface area (Å²) in [5.74, 6) is 1.08. The van der Waals surface area contributed by atoms with Crippen molar-refractivity contribution >= 4 is 17.8 Å². The van der Waals surface area contributed by atoms with Gasteiger partial charge in [0.1, 0.15) is 0 Å². The van der Waals surface area contributed by atoms with Gasteiger partial charge in [-0.25, -0.2) is 4.79 Å². The molecule has 2 fully saturated rings. The number of hydrogen-bond donors (Lipinski definition) is 2. The molecule has 18 heavy (non-hydrogen) atoms. The number of hydrogen-bond acceptors (Lipinski definition) is 2. The molecule has 0 aromatic heterocycles. The lowest BCUT2D eigenvalue weighted by Gasteiger charge is -2.19. The molecule has 2 heterocycles. The minimum Gasteiger partial charge on any atom is -0.332 e. The fourth-order valence-corrected chi connectivity index (χ4v) is 4.36. The van der Waals surface area contributed by atoms with Crippen LogP contribution in [0.1, 0.15) is 52.9 Å². The summed E-state index contributed by atoms with van der Waals surface area (Å²) >= 11 is 2.02. The largest absolute Gasteiger partial charge is 0.332 e. The maximum atomic E-state index is 11.3. The van der Waals surface area contributed by atoms with Crippen molar-refractivity contribution < 1.29 is 4.79 Å². The van der Waals surface area contributed by atoms with Crippen LogP contribution >= 0.6 is 11.8 Å². The first-order valence-corrected chi connectivity index (χ1v) is 8.19. The topological polar surface area (TPSA) is 41.1 Å². The van der Waals surface area contributed by atoms with Crippen LogP contribution in [0.5, 0.6) is 0 Å². The van der Waals surface area contributed by atoms with Crippen molar-refractivity contribution in [1.29, 1.82) is 0 Å². The summed E-state index contributed by atoms with van der Waals surface area (Å²) in [6.07, 6.45) is 6.52. The molecule has 2 aliphatic rings. The molecule has 104 valence electrons. The standard InChI is InChI=1S/C14H26N2OS/c1-14(2,3)8-6-4-5-7-11-12-10(9-18-11)15-13(17)16-12/h10-12H,4-9H2,1-3H3,(H2,15,16,17)/t10-,11-,12-/m0/s1. The number of unbranched alkanes of at least 4 members (excludes halogenated alkanes) is 2. The Hall–Kier alpha value is -0.380. The summed E-state index contributed by atoms with van der Waals surface area (Å²) in [5.41, 5.74) is 0.469. The van der Waals surface area contributed by atoms with Gasteiger partial charge >= 0.3 is 6.03 Å². The molecule has 0 saturated carbocycles. The molecule has 2 saturated heterocycles. The van der Waals surface area contributed by atoms with Crippen molar-refractivity contribution in [3.05, 3.63) is 0 Å². The van der Waals surface area contributed by atoms with Gasteiger partial charge in [0, 0.05) is 11.0 Å². The van der Waals surface area contributed by atoms with Crippen molar-refractivity contribution in [2.24, 2.45) is 5.41 Å². The number of fused-ring (bicyclic) bond motifs is 1. The van der Waals surface area contributed by atoms with Crippen LogP contribution in [0, 0.1) is 5.41 Å². The lowest BCUT2D eigenvalue weighted by molar-refractivity contribution is 0.247. The van der Waals surface area contributed by atoms with E-state index < -0.39 is 0 Å². The summed E-state index contributed by atoms with van der Waals surface area (Å²) in [7, 11) is 0. The van der Waals surface area contributed by atoms with E-state index in [9.17, 15) is 4.79 Å². The fourth-order valence-electron chi connectivity index (χ4n) is 2.82. The van der Waals surface area contributed by atoms with Crippen LogP contribution < -0.4 is 10.6 Å². The van der Waals surface area contributed by atoms with E-state index in [1.807, 2.05) is 11.8 Å². The Morgan fingerprint density at radius 3 is 2.72 bits per heavy atom. The van der Waals surface area contributed by atoms with E-state index in [0.29, 0.717) is 22.7 Å². The smallest absolute Gasteiger partial charge is 0.315 e. The molecule has 0 spiro atoms. The van der Waals surface area contributed by atoms with Gasteiger partial charge in [-0.1, -0.05) is 40.0 Å². The Labute approximate surface area is 115 Å². The third-order valence-electron chi connectivity index (χ3n) is 3.85. The van der Waals surface area contributed by atoms with E-state index in [4.69, 9.17) is 0 Å². The van der Waals surface area contributed by atoms with E-state index in [2.05, 4.69) is 31.4 Å². The van der Waals surface area contributed by atoms with Gasteiger partial charge in [0.15, 0.2) is 0 Å². The van der Waals surface area contributed by atoms with Crippen molar-refractivity contribution in [3.8, 4) is 0 Å². The van der Waals surface area contributed by atoms with E-state index in [1.165, 1.54) is 32.1 Å². The Morgan fingerprint density at radius 2 is 2.00 bits per heavy atom. The second-order valence-corrected chi connectivity index (χ2v) is 8.05. The van der Waals surface area contributed by atoms with Gasteiger partial charge in [-0.2, -0.15) is 11.8 Å². The lowest BCUT2D eigenvalue weighted by atomic mass is 9.89. The highest BCUT2D eigenvalue weighted by Crippen LogP contribution is 2.33. The molecular formula is C14H26N2OS. The minimum absolute atomic E-state index is 0.0306. The molecule has 0 aliphatic carbocycles. The Balaban J connectivity index is 1.61. The molecule has 2 amide bonds. The van der Waals surface area contributed by atoms with E-state index in [0.717, 1.165) is 5.75 Å². The monoisotopic (exact) mass is 270 g/mol. The van der Waals surface area contributed by atoms with Crippen LogP contribution in [-0.4, -0.2) is 29.1 Å². The maximum Gasteiger partial charge on any atom is 0.315 e. The molecule has 0 unspecified atom stereocenters. The molecular weight excluding hydrogens is 244 g/mol. The van der Waals surface area contributed by atoms with Gasteiger partial charge < -0.3 is 10.6 Å². The summed E-state index contributed by atoms with van der Waals surface area (Å²) < 4.78 is 0. The van der Waals surface area contributed by atoms with E-state index in [-0.39, 0.29) is 6.03 Å². The second-order valence-electron chi connectivity index (χ2n) is 6.78. The first kappa shape index (κ1) is 14.0. The Bertz CT molecular complexity index is 301. The highest BCUT2D eigenvalue weighted by atomic mass is 32.2. The molecule has 0 aromatic rings. The zero-order chi connectivity index (χ0) is 13.2. The molecule has 2 N–H and O–H groups in total. The van der Waals surface area contributed by atoms with Crippen molar-refractivity contribution in [2.75, 3.05) is 5.75 Å². The van der Waals surface area contributed by atoms with Gasteiger partial charge in [-0.15, -0.1) is 0 Å². The van der Waals surface area contributed by atoms with Crippen LogP contribution in [0.2, 0.25) is 0 Å². The summed E-state index contributed by atoms with van der Waals surface area (Å²) in [6.45, 7) is 6.93. The molecule has 4 heteroatoms. The average Bonchev–Trinajstić information content (AvgIpc) is 2.76. The number of thioether (sulfide) groups is 1. The SMILES string of the molecule is CC(C)(C)CCCCC[C@@H]1SC[C@@H]2NC(=O)N[C@@H]21. The average molecular weight is 270 g/mol. The number of rotatable bonds is 5. The first-order chi connectivity index (χ1) is 8.46. The van der Waals surface area contributed by atoms with Crippen molar-refractivity contribution in [1.82, 2.24) is 10.6 Å². The van der Waals surface area contributed by atoms with Crippen molar-refractivity contribution in [2.45, 2.75) is 70.2 Å². The van der Waals surface area contributed by atoms with Crippen LogP contribution in [0.15, 0.2) is 0 Å². The van der Waals surface area contributed by atoms with Gasteiger partial charge in [0.05, 0.1) is 12.1 Å². The van der Waals surface area contributed by atoms with Gasteiger partial charge in [-0.3, -0.25) is 0 Å². The molecule has 2 aliphatic heterocycles. The zero-order valence-corrected chi connectivity index (χ0v) is 12.6. The van der Waals surface area contributed by atoms with Gasteiger partial charge in [0.25, 0.3) is 0 Å². The Morgan fingerprint density at radius 1 is 1.22 bits per heavy atom. The molecule has 0 bridgehead atoms. The molecule has 3 nitrogen and oxygen atoms in total. The van der Waals surface area contributed by atoms with Gasteiger partial charge in [0.2, 0.25) is 0 Å². The zero-order valence-electron chi connectivity index (χ0n) is 11.8. The quantitative estimate of drug-likeness (QED) is 0.595. The number of urea groups is 1. The lowest BCUT2D eigenvalue weighted by Crippen LogP contribution is -2.36. The highest BCUT2D eigenvalue weighted by molar-refractivity contribution is 8.00. The maximum absolute atomic E-state index is 11.3. The van der Waals surface area contributed by atoms with Crippen LogP contribution in [0.3, 0.4) is 0 Å². The predicted molar refractivity (Wildman–Crippen MR) is 78.0 cm³/mol. The highest BCUT2D eigenvalue weighted by Gasteiger charge is 2.42. The molecule has 2 rings (SSSR count). The predicted octanol–water partition coefficient (Wildman–Crippen LogP) is 3.15. The van der Waals surface area contributed by atoms with Crippen LogP contribution in [-0.2, 0) is 0 Å². The van der Waals surface area contributed by atoms with E-state index >= 15 is 0 Å². The van der Waals surface area contributed by atoms with Crippen molar-refractivity contribution in [3.63, 3.8) is 0 Å². The summed E-state index contributed by atoms with van der Waals surface area (Å²) in [6, 6.07) is 0.787. The third-order valence-corrected chi connectivity index (χ3v) is 5.36. The second kappa shape index (κ2) is 5.72. The van der Waals surface area contributed by atoms with Crippen LogP contribution in [0.25, 0.3) is 0 Å². The number of amides is 2. The number of nitrogens with one attached hydrogen (secondary N) is 2. The third kappa shape index (κ3) is 3.81. The number of carbonyl (C=O) groups is 1. The number of carbonyl (C=O) groups excluding carboxylic acids is 1. The summed E-state index contributed by atoms with van der Waals surface area (Å²) in [4.78, 5) is 11.3. The minimum atomic E-state index is 0.0306. The van der Waals surface area contributed by atoms with Gasteiger partial charge in [-0.05, 0) is 18.3 Å². The molecule has 0 aromatic carbocycles. The molecule has 3 atom stereocenters. The van der Waals surface area contributed by atoms with Crippen LogP contribution in [0.4, 0.5) is 4.79 Å². The fraction of sp³-hybridized carbons (Fsp3) is 0.929. The normalized spacial score (nSPS) is 31.1. The van der Waals surface area contributed by atoms with E-state index in [1.54, 1.807) is 0 Å². The Kier molecular flexibility index (Phi) is 4.46. The molecule has 0 radical (unpaired) electrons. The summed E-state index contributed by atoms with van der Waals surface area (Å²) in [5, 5.41) is 6.68.